The van der Waals surface area contributed by atoms with Crippen LogP contribution < -0.4 is 5.32 Å². The standard InChI is InChI=1S/C24H27NO4/c1-24(22(26)27,14-16-8-2-3-9-16)25-23(28)29-15-21-19-12-6-4-10-17(19)18-11-5-7-13-20(18)21/h4-7,10-13,16,21H,2-3,8-9,14-15H2,1H3,(H,25,28)(H,26,27)/t24-/m0/s1. The van der Waals surface area contributed by atoms with Crippen LogP contribution in [0, 0.1) is 5.92 Å². The van der Waals surface area contributed by atoms with Crippen molar-refractivity contribution in [1.29, 1.82) is 0 Å². The summed E-state index contributed by atoms with van der Waals surface area (Å²) in [6.07, 6.45) is 4.07. The second-order valence-corrected chi connectivity index (χ2v) is 8.44. The Morgan fingerprint density at radius 1 is 1.03 bits per heavy atom. The summed E-state index contributed by atoms with van der Waals surface area (Å²) in [5.74, 6) is -0.720. The summed E-state index contributed by atoms with van der Waals surface area (Å²) in [5.41, 5.74) is 3.28. The summed E-state index contributed by atoms with van der Waals surface area (Å²) in [5, 5.41) is 12.3. The molecule has 0 aromatic heterocycles. The number of carboxylic acid groups (broad SMARTS) is 1. The third-order valence-electron chi connectivity index (χ3n) is 6.37. The van der Waals surface area contributed by atoms with Crippen molar-refractivity contribution >= 4 is 12.1 Å². The van der Waals surface area contributed by atoms with Crippen LogP contribution in [0.3, 0.4) is 0 Å². The lowest BCUT2D eigenvalue weighted by molar-refractivity contribution is -0.144. The van der Waals surface area contributed by atoms with E-state index in [-0.39, 0.29) is 12.5 Å². The lowest BCUT2D eigenvalue weighted by Gasteiger charge is -2.29. The van der Waals surface area contributed by atoms with Gasteiger partial charge in [-0.3, -0.25) is 0 Å². The predicted molar refractivity (Wildman–Crippen MR) is 111 cm³/mol. The Labute approximate surface area is 171 Å². The minimum Gasteiger partial charge on any atom is -0.480 e. The van der Waals surface area contributed by atoms with Gasteiger partial charge in [0.25, 0.3) is 0 Å². The first-order valence-corrected chi connectivity index (χ1v) is 10.3. The number of aliphatic carboxylic acids is 1. The Morgan fingerprint density at radius 3 is 2.14 bits per heavy atom. The number of rotatable bonds is 6. The summed E-state index contributed by atoms with van der Waals surface area (Å²) in [4.78, 5) is 24.4. The van der Waals surface area contributed by atoms with Crippen molar-refractivity contribution in [3.8, 4) is 11.1 Å². The van der Waals surface area contributed by atoms with E-state index < -0.39 is 17.6 Å². The molecule has 1 amide bonds. The predicted octanol–water partition coefficient (Wildman–Crippen LogP) is 4.95. The van der Waals surface area contributed by atoms with Gasteiger partial charge in [-0.05, 0) is 41.5 Å². The van der Waals surface area contributed by atoms with E-state index in [9.17, 15) is 14.7 Å². The van der Waals surface area contributed by atoms with E-state index in [1.165, 1.54) is 0 Å². The summed E-state index contributed by atoms with van der Waals surface area (Å²) in [6.45, 7) is 1.76. The molecule has 2 aromatic carbocycles. The smallest absolute Gasteiger partial charge is 0.408 e. The normalized spacial score (nSPS) is 18.0. The van der Waals surface area contributed by atoms with Gasteiger partial charge in [0.05, 0.1) is 0 Å². The molecule has 1 atom stereocenters. The molecule has 1 fully saturated rings. The van der Waals surface area contributed by atoms with E-state index in [4.69, 9.17) is 4.74 Å². The zero-order valence-electron chi connectivity index (χ0n) is 16.7. The largest absolute Gasteiger partial charge is 0.480 e. The maximum absolute atomic E-state index is 12.5. The fraction of sp³-hybridized carbons (Fsp3) is 0.417. The minimum absolute atomic E-state index is 0.0425. The quantitative estimate of drug-likeness (QED) is 0.728. The molecule has 0 bridgehead atoms. The topological polar surface area (TPSA) is 75.6 Å². The number of hydrogen-bond acceptors (Lipinski definition) is 3. The van der Waals surface area contributed by atoms with Crippen molar-refractivity contribution < 1.29 is 19.4 Å². The molecule has 0 radical (unpaired) electrons. The average Bonchev–Trinajstić information content (AvgIpc) is 3.32. The fourth-order valence-corrected chi connectivity index (χ4v) is 4.84. The van der Waals surface area contributed by atoms with Crippen LogP contribution in [0.1, 0.15) is 56.1 Å². The van der Waals surface area contributed by atoms with Crippen molar-refractivity contribution in [2.24, 2.45) is 5.92 Å². The first-order valence-electron chi connectivity index (χ1n) is 10.3. The molecule has 2 N–H and O–H groups in total. The molecule has 0 saturated heterocycles. The highest BCUT2D eigenvalue weighted by Gasteiger charge is 2.39. The van der Waals surface area contributed by atoms with Crippen LogP contribution in [0.4, 0.5) is 4.79 Å². The maximum atomic E-state index is 12.5. The van der Waals surface area contributed by atoms with Gasteiger partial charge in [0, 0.05) is 5.92 Å². The Kier molecular flexibility index (Phi) is 5.31. The van der Waals surface area contributed by atoms with Crippen LogP contribution in [0.5, 0.6) is 0 Å². The van der Waals surface area contributed by atoms with Crippen molar-refractivity contribution in [1.82, 2.24) is 5.32 Å². The third kappa shape index (κ3) is 3.86. The van der Waals surface area contributed by atoms with Crippen molar-refractivity contribution in [3.05, 3.63) is 59.7 Å². The monoisotopic (exact) mass is 393 g/mol. The van der Waals surface area contributed by atoms with E-state index in [1.54, 1.807) is 6.92 Å². The van der Waals surface area contributed by atoms with Crippen LogP contribution in [0.2, 0.25) is 0 Å². The number of fused-ring (bicyclic) bond motifs is 3. The molecule has 0 spiro atoms. The molecule has 0 unspecified atom stereocenters. The lowest BCUT2D eigenvalue weighted by atomic mass is 9.88. The van der Waals surface area contributed by atoms with Gasteiger partial charge in [0.2, 0.25) is 0 Å². The van der Waals surface area contributed by atoms with Gasteiger partial charge in [0.15, 0.2) is 0 Å². The number of carbonyl (C=O) groups is 2. The van der Waals surface area contributed by atoms with Crippen LogP contribution in [-0.4, -0.2) is 29.3 Å². The third-order valence-corrected chi connectivity index (χ3v) is 6.37. The van der Waals surface area contributed by atoms with Crippen LogP contribution >= 0.6 is 0 Å². The van der Waals surface area contributed by atoms with Gasteiger partial charge in [-0.1, -0.05) is 74.2 Å². The Bertz CT molecular complexity index is 873. The zero-order chi connectivity index (χ0) is 20.4. The van der Waals surface area contributed by atoms with Crippen LogP contribution in [0.15, 0.2) is 48.5 Å². The summed E-state index contributed by atoms with van der Waals surface area (Å²) in [6, 6.07) is 16.3. The Morgan fingerprint density at radius 2 is 1.59 bits per heavy atom. The summed E-state index contributed by atoms with van der Waals surface area (Å²) < 4.78 is 5.54. The fourth-order valence-electron chi connectivity index (χ4n) is 4.84. The molecule has 2 aliphatic carbocycles. The Hall–Kier alpha value is -2.82. The second kappa shape index (κ2) is 7.90. The minimum atomic E-state index is -1.31. The highest BCUT2D eigenvalue weighted by atomic mass is 16.5. The highest BCUT2D eigenvalue weighted by Crippen LogP contribution is 2.44. The average molecular weight is 393 g/mol. The SMILES string of the molecule is C[C@@](CC1CCCC1)(NC(=O)OCC1c2ccccc2-c2ccccc21)C(=O)O. The van der Waals surface area contributed by atoms with E-state index in [2.05, 4.69) is 29.6 Å². The van der Waals surface area contributed by atoms with Gasteiger partial charge in [-0.2, -0.15) is 0 Å². The van der Waals surface area contributed by atoms with E-state index in [1.807, 2.05) is 24.3 Å². The highest BCUT2D eigenvalue weighted by molar-refractivity contribution is 5.84. The second-order valence-electron chi connectivity index (χ2n) is 8.44. The maximum Gasteiger partial charge on any atom is 0.408 e. The van der Waals surface area contributed by atoms with Gasteiger partial charge < -0.3 is 15.2 Å². The number of amides is 1. The molecule has 0 heterocycles. The number of benzene rings is 2. The van der Waals surface area contributed by atoms with Gasteiger partial charge in [0.1, 0.15) is 12.1 Å². The lowest BCUT2D eigenvalue weighted by Crippen LogP contribution is -2.53. The van der Waals surface area contributed by atoms with E-state index in [0.717, 1.165) is 47.9 Å². The molecule has 0 aliphatic heterocycles. The number of ether oxygens (including phenoxy) is 1. The summed E-state index contributed by atoms with van der Waals surface area (Å²) >= 11 is 0. The van der Waals surface area contributed by atoms with E-state index in [0.29, 0.717) is 12.3 Å². The molecule has 152 valence electrons. The first-order chi connectivity index (χ1) is 14.0. The molecular weight excluding hydrogens is 366 g/mol. The van der Waals surface area contributed by atoms with Crippen LogP contribution in [0.25, 0.3) is 11.1 Å². The number of carboxylic acids is 1. The Balaban J connectivity index is 1.44. The molecule has 2 aliphatic rings. The summed E-state index contributed by atoms with van der Waals surface area (Å²) in [7, 11) is 0. The van der Waals surface area contributed by atoms with Crippen LogP contribution in [-0.2, 0) is 9.53 Å². The van der Waals surface area contributed by atoms with Gasteiger partial charge in [-0.25, -0.2) is 9.59 Å². The van der Waals surface area contributed by atoms with Gasteiger partial charge in [-0.15, -0.1) is 0 Å². The zero-order valence-corrected chi connectivity index (χ0v) is 16.7. The molecule has 29 heavy (non-hydrogen) atoms. The number of alkyl carbamates (subject to hydrolysis) is 1. The molecule has 2 aromatic rings. The number of hydrogen-bond donors (Lipinski definition) is 2. The molecule has 4 rings (SSSR count). The van der Waals surface area contributed by atoms with Crippen molar-refractivity contribution in [3.63, 3.8) is 0 Å². The molecule has 5 heteroatoms. The molecule has 5 nitrogen and oxygen atoms in total. The number of carbonyl (C=O) groups excluding carboxylic acids is 1. The van der Waals surface area contributed by atoms with Crippen molar-refractivity contribution in [2.75, 3.05) is 6.61 Å². The molecule has 1 saturated carbocycles. The van der Waals surface area contributed by atoms with Crippen molar-refractivity contribution in [2.45, 2.75) is 50.5 Å². The van der Waals surface area contributed by atoms with Gasteiger partial charge >= 0.3 is 12.1 Å². The number of nitrogens with one attached hydrogen (secondary N) is 1. The first kappa shape index (κ1) is 19.5. The molecular formula is C24H27NO4. The van der Waals surface area contributed by atoms with E-state index >= 15 is 0 Å².